The maximum atomic E-state index is 5.31. The number of thioether (sulfide) groups is 1. The van der Waals surface area contributed by atoms with Crippen molar-refractivity contribution < 1.29 is 4.74 Å². The number of ether oxygens (including phenoxy) is 1. The van der Waals surface area contributed by atoms with E-state index in [1.165, 1.54) is 17.3 Å². The van der Waals surface area contributed by atoms with E-state index >= 15 is 0 Å². The molecule has 0 unspecified atom stereocenters. The lowest BCUT2D eigenvalue weighted by molar-refractivity contribution is 0.315. The molecular weight excluding hydrogens is 212 g/mol. The first-order valence-corrected chi connectivity index (χ1v) is 6.21. The summed E-state index contributed by atoms with van der Waals surface area (Å²) >= 11 is 6.41. The van der Waals surface area contributed by atoms with E-state index < -0.39 is 0 Å². The fraction of sp³-hybridized carbons (Fsp3) is 0.364. The average Bonchev–Trinajstić information content (AvgIpc) is 2.25. The van der Waals surface area contributed by atoms with Crippen LogP contribution >= 0.6 is 24.0 Å². The van der Waals surface area contributed by atoms with Gasteiger partial charge in [-0.1, -0.05) is 42.1 Å². The molecule has 1 aromatic carbocycles. The average molecular weight is 226 g/mol. The fourth-order valence-electron chi connectivity index (χ4n) is 1.14. The molecule has 0 saturated heterocycles. The van der Waals surface area contributed by atoms with E-state index in [-0.39, 0.29) is 0 Å². The molecule has 76 valence electrons. The smallest absolute Gasteiger partial charge is 0.219 e. The number of aryl methyl sites for hydroxylation is 1. The van der Waals surface area contributed by atoms with Crippen molar-refractivity contribution in [1.29, 1.82) is 0 Å². The van der Waals surface area contributed by atoms with Gasteiger partial charge in [0, 0.05) is 0 Å². The van der Waals surface area contributed by atoms with E-state index in [2.05, 4.69) is 24.3 Å². The van der Waals surface area contributed by atoms with Gasteiger partial charge in [-0.2, -0.15) is 0 Å². The predicted octanol–water partition coefficient (Wildman–Crippen LogP) is 3.28. The summed E-state index contributed by atoms with van der Waals surface area (Å²) in [6.07, 6.45) is 4.00. The molecule has 1 rings (SSSR count). The number of rotatable bonds is 4. The van der Waals surface area contributed by atoms with E-state index in [0.29, 0.717) is 11.0 Å². The molecule has 0 aromatic heterocycles. The highest BCUT2D eigenvalue weighted by molar-refractivity contribution is 8.22. The van der Waals surface area contributed by atoms with Crippen LogP contribution in [-0.4, -0.2) is 17.2 Å². The van der Waals surface area contributed by atoms with Crippen molar-refractivity contribution in [2.24, 2.45) is 0 Å². The Morgan fingerprint density at radius 1 is 1.36 bits per heavy atom. The van der Waals surface area contributed by atoms with Crippen LogP contribution in [-0.2, 0) is 11.2 Å². The van der Waals surface area contributed by atoms with Gasteiger partial charge in [0.2, 0.25) is 4.38 Å². The molecule has 0 heterocycles. The minimum Gasteiger partial charge on any atom is -0.479 e. The third kappa shape index (κ3) is 4.63. The maximum Gasteiger partial charge on any atom is 0.219 e. The first kappa shape index (κ1) is 11.5. The number of hydrogen-bond acceptors (Lipinski definition) is 3. The SMILES string of the molecule is CSC(=S)OCCCc1ccccc1. The van der Waals surface area contributed by atoms with Crippen molar-refractivity contribution >= 4 is 28.4 Å². The molecule has 0 radical (unpaired) electrons. The van der Waals surface area contributed by atoms with Crippen LogP contribution in [0.3, 0.4) is 0 Å². The molecule has 14 heavy (non-hydrogen) atoms. The van der Waals surface area contributed by atoms with E-state index in [1.807, 2.05) is 12.3 Å². The van der Waals surface area contributed by atoms with E-state index in [0.717, 1.165) is 12.8 Å². The lowest BCUT2D eigenvalue weighted by Crippen LogP contribution is -1.99. The monoisotopic (exact) mass is 226 g/mol. The summed E-state index contributed by atoms with van der Waals surface area (Å²) in [4.78, 5) is 0. The molecule has 0 aliphatic heterocycles. The van der Waals surface area contributed by atoms with Gasteiger partial charge in [0.05, 0.1) is 6.61 Å². The Hall–Kier alpha value is -0.540. The number of thiocarbonyl (C=S) groups is 1. The molecule has 0 amide bonds. The van der Waals surface area contributed by atoms with Gasteiger partial charge >= 0.3 is 0 Å². The Bertz CT molecular complexity index is 272. The molecular formula is C11H14OS2. The van der Waals surface area contributed by atoms with Crippen molar-refractivity contribution in [3.63, 3.8) is 0 Å². The van der Waals surface area contributed by atoms with Crippen LogP contribution in [0.5, 0.6) is 0 Å². The highest BCUT2D eigenvalue weighted by Crippen LogP contribution is 2.04. The van der Waals surface area contributed by atoms with Gasteiger partial charge in [-0.15, -0.1) is 0 Å². The van der Waals surface area contributed by atoms with Crippen LogP contribution in [0.25, 0.3) is 0 Å². The fourth-order valence-corrected chi connectivity index (χ4v) is 1.42. The number of hydrogen-bond donors (Lipinski definition) is 0. The zero-order chi connectivity index (χ0) is 10.2. The van der Waals surface area contributed by atoms with Crippen molar-refractivity contribution in [3.8, 4) is 0 Å². The van der Waals surface area contributed by atoms with Gasteiger partial charge in [0.25, 0.3) is 0 Å². The Kier molecular flexibility index (Phi) is 5.64. The zero-order valence-electron chi connectivity index (χ0n) is 8.23. The van der Waals surface area contributed by atoms with E-state index in [4.69, 9.17) is 17.0 Å². The van der Waals surface area contributed by atoms with Crippen LogP contribution in [0.2, 0.25) is 0 Å². The second-order valence-corrected chi connectivity index (χ2v) is 4.30. The van der Waals surface area contributed by atoms with Crippen molar-refractivity contribution in [2.45, 2.75) is 12.8 Å². The first-order chi connectivity index (χ1) is 6.83. The standard InChI is InChI=1S/C11H14OS2/c1-14-11(13)12-9-5-8-10-6-3-2-4-7-10/h2-4,6-7H,5,8-9H2,1H3. The Morgan fingerprint density at radius 3 is 2.71 bits per heavy atom. The first-order valence-electron chi connectivity index (χ1n) is 4.57. The lowest BCUT2D eigenvalue weighted by atomic mass is 10.1. The molecule has 1 aromatic rings. The topological polar surface area (TPSA) is 9.23 Å². The van der Waals surface area contributed by atoms with Crippen LogP contribution in [0.1, 0.15) is 12.0 Å². The predicted molar refractivity (Wildman–Crippen MR) is 66.8 cm³/mol. The molecule has 0 atom stereocenters. The molecule has 0 bridgehead atoms. The summed E-state index contributed by atoms with van der Waals surface area (Å²) < 4.78 is 5.94. The lowest BCUT2D eigenvalue weighted by Gasteiger charge is -2.04. The van der Waals surface area contributed by atoms with Gasteiger partial charge in [-0.25, -0.2) is 0 Å². The third-order valence-electron chi connectivity index (χ3n) is 1.84. The molecule has 1 nitrogen and oxygen atoms in total. The third-order valence-corrected chi connectivity index (χ3v) is 2.91. The Balaban J connectivity index is 2.13. The van der Waals surface area contributed by atoms with E-state index in [1.54, 1.807) is 0 Å². The minimum atomic E-state index is 0.637. The zero-order valence-corrected chi connectivity index (χ0v) is 9.87. The highest BCUT2D eigenvalue weighted by atomic mass is 32.2. The van der Waals surface area contributed by atoms with E-state index in [9.17, 15) is 0 Å². The van der Waals surface area contributed by atoms with Crippen LogP contribution in [0.4, 0.5) is 0 Å². The van der Waals surface area contributed by atoms with Crippen LogP contribution in [0.15, 0.2) is 30.3 Å². The second kappa shape index (κ2) is 6.85. The molecule has 3 heteroatoms. The number of benzene rings is 1. The molecule has 0 aliphatic carbocycles. The minimum absolute atomic E-state index is 0.637. The van der Waals surface area contributed by atoms with Gasteiger partial charge in [-0.05, 0) is 36.9 Å². The molecule has 0 aliphatic rings. The van der Waals surface area contributed by atoms with Crippen LogP contribution < -0.4 is 0 Å². The second-order valence-electron chi connectivity index (χ2n) is 2.89. The largest absolute Gasteiger partial charge is 0.479 e. The quantitative estimate of drug-likeness (QED) is 0.576. The Morgan fingerprint density at radius 2 is 2.07 bits per heavy atom. The van der Waals surface area contributed by atoms with Crippen LogP contribution in [0, 0.1) is 0 Å². The summed E-state index contributed by atoms with van der Waals surface area (Å²) in [7, 11) is 0. The molecule has 0 fully saturated rings. The molecule has 0 saturated carbocycles. The molecule has 0 N–H and O–H groups in total. The summed E-state index contributed by atoms with van der Waals surface area (Å²) in [5.41, 5.74) is 1.35. The normalized spacial score (nSPS) is 9.79. The van der Waals surface area contributed by atoms with Crippen molar-refractivity contribution in [2.75, 3.05) is 12.9 Å². The van der Waals surface area contributed by atoms with Crippen molar-refractivity contribution in [1.82, 2.24) is 0 Å². The van der Waals surface area contributed by atoms with Gasteiger partial charge < -0.3 is 4.74 Å². The van der Waals surface area contributed by atoms with Gasteiger partial charge in [-0.3, -0.25) is 0 Å². The van der Waals surface area contributed by atoms with Gasteiger partial charge in [0.1, 0.15) is 0 Å². The molecule has 0 spiro atoms. The summed E-state index contributed by atoms with van der Waals surface area (Å²) in [5, 5.41) is 0. The summed E-state index contributed by atoms with van der Waals surface area (Å²) in [5.74, 6) is 0. The summed E-state index contributed by atoms with van der Waals surface area (Å²) in [6, 6.07) is 10.4. The Labute approximate surface area is 94.9 Å². The highest BCUT2D eigenvalue weighted by Gasteiger charge is 1.95. The maximum absolute atomic E-state index is 5.31. The van der Waals surface area contributed by atoms with Crippen molar-refractivity contribution in [3.05, 3.63) is 35.9 Å². The van der Waals surface area contributed by atoms with Gasteiger partial charge in [0.15, 0.2) is 0 Å². The summed E-state index contributed by atoms with van der Waals surface area (Å²) in [6.45, 7) is 0.717.